The number of carbonyl (C=O) groups is 2. The molecule has 1 rings (SSSR count). The third-order valence-corrected chi connectivity index (χ3v) is 9.54. The number of hydrogen-bond donors (Lipinski definition) is 2. The minimum atomic E-state index is -1.76. The number of carboxylic acids is 2. The van der Waals surface area contributed by atoms with Crippen LogP contribution in [0.4, 0.5) is 0 Å². The van der Waals surface area contributed by atoms with Gasteiger partial charge in [0.1, 0.15) is 9.81 Å². The van der Waals surface area contributed by atoms with Gasteiger partial charge in [0.05, 0.1) is 3.53 Å². The van der Waals surface area contributed by atoms with E-state index in [1.807, 2.05) is 13.8 Å². The monoisotopic (exact) mass is 280 g/mol. The van der Waals surface area contributed by atoms with Gasteiger partial charge in [-0.2, -0.15) is 10.0 Å². The van der Waals surface area contributed by atoms with Crippen LogP contribution in [0.15, 0.2) is 9.81 Å². The third kappa shape index (κ3) is 1.87. The molecule has 0 saturated heterocycles. The van der Waals surface area contributed by atoms with Gasteiger partial charge in [0.2, 0.25) is 0 Å². The van der Waals surface area contributed by atoms with Gasteiger partial charge in [0.15, 0.2) is 0 Å². The van der Waals surface area contributed by atoms with Gasteiger partial charge in [-0.25, -0.2) is 9.59 Å². The molecular weight excluding hydrogens is 268 g/mol. The van der Waals surface area contributed by atoms with Gasteiger partial charge in [-0.15, -0.1) is 0 Å². The molecule has 7 heteroatoms. The molecule has 1 aliphatic rings. The van der Waals surface area contributed by atoms with Crippen LogP contribution in [0.2, 0.25) is 0 Å². The topological polar surface area (TPSA) is 74.6 Å². The Bertz CT molecular complexity index is 396. The molecule has 0 atom stereocenters. The van der Waals surface area contributed by atoms with Crippen molar-refractivity contribution in [2.75, 3.05) is 11.5 Å². The molecule has 0 bridgehead atoms. The second-order valence-electron chi connectivity index (χ2n) is 3.08. The first-order valence-electron chi connectivity index (χ1n) is 4.62. The zero-order valence-corrected chi connectivity index (χ0v) is 11.3. The Hall–Kier alpha value is -0.530. The quantitative estimate of drug-likeness (QED) is 0.607. The van der Waals surface area contributed by atoms with Crippen molar-refractivity contribution < 1.29 is 19.8 Å². The highest BCUT2D eigenvalue weighted by atomic mass is 32.3. The molecular formula is C9H12O4S3. The first-order chi connectivity index (χ1) is 7.40. The van der Waals surface area contributed by atoms with E-state index in [2.05, 4.69) is 0 Å². The number of thioether (sulfide) groups is 1. The summed E-state index contributed by atoms with van der Waals surface area (Å²) in [5, 5.41) is 18.2. The van der Waals surface area contributed by atoms with Gasteiger partial charge >= 0.3 is 11.9 Å². The second-order valence-corrected chi connectivity index (χ2v) is 9.02. The molecule has 0 radical (unpaired) electrons. The molecule has 90 valence electrons. The summed E-state index contributed by atoms with van der Waals surface area (Å²) in [6, 6.07) is 0. The van der Waals surface area contributed by atoms with Gasteiger partial charge in [-0.05, 0) is 11.5 Å². The van der Waals surface area contributed by atoms with E-state index in [1.165, 1.54) is 0 Å². The fraction of sp³-hybridized carbons (Fsp3) is 0.444. The molecule has 0 aliphatic carbocycles. The highest BCUT2D eigenvalue weighted by Crippen LogP contribution is 2.66. The lowest BCUT2D eigenvalue weighted by Crippen LogP contribution is -2.17. The maximum atomic E-state index is 11.2. The van der Waals surface area contributed by atoms with E-state index in [9.17, 15) is 14.7 Å². The lowest BCUT2D eigenvalue weighted by molar-refractivity contribution is -0.134. The molecule has 0 unspecified atom stereocenters. The van der Waals surface area contributed by atoms with Crippen molar-refractivity contribution in [2.45, 2.75) is 13.8 Å². The summed E-state index contributed by atoms with van der Waals surface area (Å²) in [5.74, 6) is -1.16. The first kappa shape index (κ1) is 13.5. The maximum Gasteiger partial charge on any atom is 0.343 e. The zero-order valence-electron chi connectivity index (χ0n) is 8.85. The van der Waals surface area contributed by atoms with E-state index in [0.29, 0.717) is 15.0 Å². The largest absolute Gasteiger partial charge is 0.477 e. The van der Waals surface area contributed by atoms with Gasteiger partial charge in [-0.1, -0.05) is 37.8 Å². The standard InChI is InChI=1S/C9H12O4S3/c1-3-16(4-2)6(8(12)13)5(7(10)11)15-9(16)14/h3-4H2,1-2H3,(H,10,11)(H,12,13). The van der Waals surface area contributed by atoms with Crippen LogP contribution in [0, 0.1) is 0 Å². The highest BCUT2D eigenvalue weighted by Gasteiger charge is 2.45. The second kappa shape index (κ2) is 4.77. The molecule has 4 nitrogen and oxygen atoms in total. The van der Waals surface area contributed by atoms with Crippen molar-refractivity contribution in [3.63, 3.8) is 0 Å². The van der Waals surface area contributed by atoms with Crippen LogP contribution in [-0.2, 0) is 9.59 Å². The van der Waals surface area contributed by atoms with Gasteiger partial charge in [0, 0.05) is 0 Å². The van der Waals surface area contributed by atoms with Crippen molar-refractivity contribution in [2.24, 2.45) is 0 Å². The lowest BCUT2D eigenvalue weighted by Gasteiger charge is -2.33. The number of rotatable bonds is 4. The van der Waals surface area contributed by atoms with E-state index in [4.69, 9.17) is 17.3 Å². The Morgan fingerprint density at radius 2 is 1.75 bits per heavy atom. The predicted molar refractivity (Wildman–Crippen MR) is 71.2 cm³/mol. The third-order valence-electron chi connectivity index (χ3n) is 2.48. The zero-order chi connectivity index (χ0) is 12.5. The number of carboxylic acid groups (broad SMARTS) is 2. The summed E-state index contributed by atoms with van der Waals surface area (Å²) in [4.78, 5) is 22.1. The van der Waals surface area contributed by atoms with Gasteiger partial charge in [0.25, 0.3) is 0 Å². The molecule has 0 spiro atoms. The van der Waals surface area contributed by atoms with E-state index in [-0.39, 0.29) is 9.81 Å². The molecule has 0 fully saturated rings. The van der Waals surface area contributed by atoms with Crippen LogP contribution < -0.4 is 0 Å². The maximum absolute atomic E-state index is 11.2. The average Bonchev–Trinajstić information content (AvgIpc) is 2.52. The lowest BCUT2D eigenvalue weighted by atomic mass is 10.5. The molecule has 0 saturated carbocycles. The van der Waals surface area contributed by atoms with Crippen LogP contribution >= 0.6 is 34.0 Å². The summed E-state index contributed by atoms with van der Waals surface area (Å²) in [5.41, 5.74) is 0. The minimum Gasteiger partial charge on any atom is -0.477 e. The molecule has 0 aromatic carbocycles. The van der Waals surface area contributed by atoms with Gasteiger partial charge < -0.3 is 10.2 Å². The SMILES string of the molecule is CCS1(CC)C(=S)SC(C(=O)O)=C1C(=O)O. The van der Waals surface area contributed by atoms with E-state index in [0.717, 1.165) is 11.8 Å². The number of thiocarbonyl (C=S) groups is 1. The van der Waals surface area contributed by atoms with Crippen molar-refractivity contribution in [1.29, 1.82) is 0 Å². The Labute approximate surface area is 104 Å². The highest BCUT2D eigenvalue weighted by molar-refractivity contribution is 8.67. The van der Waals surface area contributed by atoms with E-state index >= 15 is 0 Å². The predicted octanol–water partition coefficient (Wildman–Crippen LogP) is 2.24. The van der Waals surface area contributed by atoms with Crippen LogP contribution in [0.3, 0.4) is 0 Å². The summed E-state index contributed by atoms with van der Waals surface area (Å²) in [6.07, 6.45) is 0. The van der Waals surface area contributed by atoms with Gasteiger partial charge in [-0.3, -0.25) is 0 Å². The molecule has 0 aromatic rings. The van der Waals surface area contributed by atoms with Crippen molar-refractivity contribution in [3.05, 3.63) is 9.81 Å². The van der Waals surface area contributed by atoms with E-state index in [1.54, 1.807) is 0 Å². The summed E-state index contributed by atoms with van der Waals surface area (Å²) < 4.78 is 0.535. The van der Waals surface area contributed by atoms with Crippen molar-refractivity contribution >= 4 is 49.5 Å². The fourth-order valence-electron chi connectivity index (χ4n) is 1.60. The average molecular weight is 280 g/mol. The Morgan fingerprint density at radius 3 is 2.06 bits per heavy atom. The van der Waals surface area contributed by atoms with E-state index < -0.39 is 22.0 Å². The van der Waals surface area contributed by atoms with Crippen LogP contribution in [0.5, 0.6) is 0 Å². The van der Waals surface area contributed by atoms with Crippen molar-refractivity contribution in [3.8, 4) is 0 Å². The smallest absolute Gasteiger partial charge is 0.343 e. The van der Waals surface area contributed by atoms with Crippen LogP contribution in [-0.4, -0.2) is 37.2 Å². The minimum absolute atomic E-state index is 0.0278. The Morgan fingerprint density at radius 1 is 1.25 bits per heavy atom. The Balaban J connectivity index is 3.44. The Kier molecular flexibility index (Phi) is 4.03. The number of hydrogen-bond acceptors (Lipinski definition) is 4. The van der Waals surface area contributed by atoms with Crippen LogP contribution in [0.1, 0.15) is 13.8 Å². The molecule has 0 aromatic heterocycles. The summed E-state index contributed by atoms with van der Waals surface area (Å²) in [7, 11) is -1.76. The molecule has 2 N–H and O–H groups in total. The van der Waals surface area contributed by atoms with Crippen molar-refractivity contribution in [1.82, 2.24) is 0 Å². The summed E-state index contributed by atoms with van der Waals surface area (Å²) >= 11 is 6.11. The summed E-state index contributed by atoms with van der Waals surface area (Å²) in [6.45, 7) is 3.72. The first-order valence-corrected chi connectivity index (χ1v) is 7.81. The van der Waals surface area contributed by atoms with Crippen LogP contribution in [0.25, 0.3) is 0 Å². The fourth-order valence-corrected chi connectivity index (χ4v) is 8.09. The number of aliphatic carboxylic acids is 2. The normalized spacial score (nSPS) is 21.0. The molecule has 1 aliphatic heterocycles. The molecule has 0 amide bonds. The molecule has 1 heterocycles. The molecule has 16 heavy (non-hydrogen) atoms.